The number of rotatable bonds is 6. The van der Waals surface area contributed by atoms with E-state index in [0.717, 1.165) is 27.8 Å². The summed E-state index contributed by atoms with van der Waals surface area (Å²) in [6.07, 6.45) is 0. The first-order valence-corrected chi connectivity index (χ1v) is 25.0. The molecule has 13 nitrogen and oxygen atoms in total. The summed E-state index contributed by atoms with van der Waals surface area (Å²) in [5, 5.41) is 12.3. The second kappa shape index (κ2) is 20.4. The van der Waals surface area contributed by atoms with Crippen LogP contribution in [0.4, 0.5) is 0 Å². The largest absolute Gasteiger partial charge is 0.502 e. The summed E-state index contributed by atoms with van der Waals surface area (Å²) in [4.78, 5) is 0. The average molecular weight is 1030 g/mol. The second-order valence-electron chi connectivity index (χ2n) is 23.9. The minimum atomic E-state index is -0.428. The molecular weight excluding hydrogens is 953 g/mol. The minimum Gasteiger partial charge on any atom is -0.502 e. The molecule has 0 saturated heterocycles. The zero-order valence-corrected chi connectivity index (χ0v) is 47.8. The van der Waals surface area contributed by atoms with Crippen molar-refractivity contribution >= 4 is 67.0 Å². The summed E-state index contributed by atoms with van der Waals surface area (Å²) < 4.78 is 78.4. The molecule has 0 amide bonds. The summed E-state index contributed by atoms with van der Waals surface area (Å²) in [6.45, 7) is 31.4. The maximum absolute atomic E-state index is 12.3. The number of ether oxygens (including phenoxy) is 6. The van der Waals surface area contributed by atoms with Crippen molar-refractivity contribution in [1.29, 1.82) is 0 Å². The number of phenols is 1. The van der Waals surface area contributed by atoms with E-state index in [9.17, 15) is 5.11 Å². The highest BCUT2D eigenvalue weighted by atomic mass is 16.5. The maximum Gasteiger partial charge on any atom is 0.204 e. The third-order valence-electron chi connectivity index (χ3n) is 13.0. The lowest BCUT2D eigenvalue weighted by Crippen LogP contribution is -2.11. The lowest BCUT2D eigenvalue weighted by molar-refractivity contribution is 0.390. The second-order valence-corrected chi connectivity index (χ2v) is 23.9. The molecule has 13 heteroatoms. The van der Waals surface area contributed by atoms with E-state index in [-0.39, 0.29) is 51.1 Å². The Bertz CT molecular complexity index is 3380. The number of methoxy groups -OCH3 is 6. The van der Waals surface area contributed by atoms with Gasteiger partial charge in [0.25, 0.3) is 0 Å². The molecule has 0 unspecified atom stereocenters. The summed E-state index contributed by atoms with van der Waals surface area (Å²) in [7, 11) is 9.26. The van der Waals surface area contributed by atoms with Crippen molar-refractivity contribution in [3.63, 3.8) is 0 Å². The van der Waals surface area contributed by atoms with Gasteiger partial charge in [0, 0.05) is 12.1 Å². The van der Waals surface area contributed by atoms with Crippen LogP contribution >= 0.6 is 0 Å². The first-order valence-electron chi connectivity index (χ1n) is 25.0. The quantitative estimate of drug-likeness (QED) is 0.168. The van der Waals surface area contributed by atoms with Crippen molar-refractivity contribution in [2.75, 3.05) is 42.7 Å². The van der Waals surface area contributed by atoms with Gasteiger partial charge in [0.05, 0.1) is 42.7 Å². The molecule has 6 aromatic carbocycles. The number of hydrogen-bond donors (Lipinski definition) is 1. The van der Waals surface area contributed by atoms with Gasteiger partial charge in [0.2, 0.25) is 34.5 Å². The van der Waals surface area contributed by atoms with Crippen LogP contribution in [-0.4, -0.2) is 47.8 Å². The zero-order chi connectivity index (χ0) is 55.3. The van der Waals surface area contributed by atoms with Crippen LogP contribution in [0.5, 0.6) is 40.2 Å². The molecule has 0 aliphatic rings. The Balaban J connectivity index is 1.91. The monoisotopic (exact) mass is 1030 g/mol. The topological polar surface area (TPSA) is 154 Å². The van der Waals surface area contributed by atoms with E-state index < -0.39 is 27.1 Å². The molecule has 0 spiro atoms. The van der Waals surface area contributed by atoms with Gasteiger partial charge in [0.15, 0.2) is 67.0 Å². The predicted octanol–water partition coefficient (Wildman–Crippen LogP) is 17.5. The number of fused-ring (bicyclic) bond motifs is 12. The fourth-order valence-corrected chi connectivity index (χ4v) is 8.35. The highest BCUT2D eigenvalue weighted by Crippen LogP contribution is 2.43. The van der Waals surface area contributed by atoms with E-state index in [0.29, 0.717) is 56.2 Å². The Labute approximate surface area is 439 Å². The van der Waals surface area contributed by atoms with Crippen molar-refractivity contribution in [3.05, 3.63) is 101 Å². The fraction of sp³-hybridized carbons (Fsp3) is 0.419. The molecule has 0 saturated carbocycles. The molecule has 75 heavy (non-hydrogen) atoms. The van der Waals surface area contributed by atoms with Crippen LogP contribution in [0, 0.1) is 0 Å². The normalized spacial score (nSPS) is 12.4. The maximum atomic E-state index is 12.3. The van der Waals surface area contributed by atoms with Crippen LogP contribution in [0.3, 0.4) is 0 Å². The Morgan fingerprint density at radius 2 is 0.413 bits per heavy atom. The van der Waals surface area contributed by atoms with Crippen LogP contribution in [-0.2, 0) is 27.1 Å². The van der Waals surface area contributed by atoms with Crippen LogP contribution in [0.2, 0.25) is 0 Å². The van der Waals surface area contributed by atoms with Crippen LogP contribution < -0.4 is 28.4 Å². The Morgan fingerprint density at radius 1 is 0.253 bits per heavy atom. The molecule has 0 aliphatic carbocycles. The number of hydrogen-bond acceptors (Lipinski definition) is 13. The zero-order valence-electron chi connectivity index (χ0n) is 47.8. The molecule has 0 atom stereocenters. The first kappa shape index (κ1) is 55.5. The van der Waals surface area contributed by atoms with Crippen LogP contribution in [0.1, 0.15) is 132 Å². The van der Waals surface area contributed by atoms with E-state index in [2.05, 4.69) is 104 Å². The van der Waals surface area contributed by atoms with Crippen molar-refractivity contribution in [1.82, 2.24) is 0 Å². The molecule has 7 rings (SSSR count). The standard InChI is InChI=1S/C62H76O13/c1-58(2,3)34-22-42-53(65-17)44(24-34)72-46-26-36(60(7,8)9)28-48(55(46)67-19)74-50-30-38(62(13,14)15)31-51(57(50)69-21)75-49-29-37(61(10,11)12)27-47(56(49)68-20)73-45-25-35(59(4,5)6)23-43(54(45)66-18)71-41-33-39(64-16)32-40(70-42)52(41)63/h22-33,63H,1-21H3. The molecule has 0 fully saturated rings. The van der Waals surface area contributed by atoms with E-state index in [1.54, 1.807) is 33.5 Å². The van der Waals surface area contributed by atoms with Gasteiger partial charge in [0.1, 0.15) is 5.75 Å². The molecule has 1 aromatic heterocycles. The molecule has 402 valence electrons. The molecule has 0 aliphatic heterocycles. The summed E-state index contributed by atoms with van der Waals surface area (Å²) >= 11 is 0. The lowest BCUT2D eigenvalue weighted by atomic mass is 9.86. The van der Waals surface area contributed by atoms with Crippen molar-refractivity contribution in [3.8, 4) is 40.2 Å². The van der Waals surface area contributed by atoms with Gasteiger partial charge in [-0.15, -0.1) is 0 Å². The SMILES string of the molecule is COc1cc2oc3cc(C(C)(C)C)cc(oc4cc(C(C)(C)C)cc(oc5cc(C(C)(C)C)cc(oc6cc(C(C)(C)C)cc(oc7cc(C(C)(C)C)cc(oc(c1)c2O)c7OC)c6OC)c5OC)c4OC)c3OC. The Hall–Kier alpha value is -7.28. The van der Waals surface area contributed by atoms with E-state index in [1.807, 2.05) is 60.7 Å². The number of phenolic OH excluding ortho intramolecular Hbond substituents is 1. The Kier molecular flexibility index (Phi) is 15.1. The van der Waals surface area contributed by atoms with Gasteiger partial charge in [-0.25, -0.2) is 0 Å². The van der Waals surface area contributed by atoms with Gasteiger partial charge >= 0.3 is 0 Å². The van der Waals surface area contributed by atoms with Gasteiger partial charge in [-0.1, -0.05) is 104 Å². The molecule has 1 N–H and O–H groups in total. The van der Waals surface area contributed by atoms with Gasteiger partial charge in [-0.05, 0) is 116 Å². The van der Waals surface area contributed by atoms with E-state index in [1.165, 1.54) is 21.3 Å². The average Bonchev–Trinajstić information content (AvgIpc) is 3.30. The predicted molar refractivity (Wildman–Crippen MR) is 299 cm³/mol. The van der Waals surface area contributed by atoms with Crippen LogP contribution in [0.25, 0.3) is 67.0 Å². The first-order chi connectivity index (χ1) is 34.9. The van der Waals surface area contributed by atoms with Crippen molar-refractivity contribution < 1.29 is 60.0 Å². The van der Waals surface area contributed by atoms with E-state index >= 15 is 0 Å². The highest BCUT2D eigenvalue weighted by molar-refractivity contribution is 5.84. The highest BCUT2D eigenvalue weighted by Gasteiger charge is 2.26. The number of benzene rings is 6. The Morgan fingerprint density at radius 3 is 0.547 bits per heavy atom. The summed E-state index contributed by atoms with van der Waals surface area (Å²) in [6, 6.07) is 22.3. The van der Waals surface area contributed by atoms with Gasteiger partial charge in [-0.3, -0.25) is 0 Å². The van der Waals surface area contributed by atoms with E-state index in [4.69, 9.17) is 54.9 Å². The fourth-order valence-electron chi connectivity index (χ4n) is 8.35. The smallest absolute Gasteiger partial charge is 0.204 e. The van der Waals surface area contributed by atoms with Gasteiger partial charge < -0.3 is 60.0 Å². The minimum absolute atomic E-state index is 0.00148. The number of aromatic hydroxyl groups is 1. The third-order valence-corrected chi connectivity index (χ3v) is 13.0. The summed E-state index contributed by atoms with van der Waals surface area (Å²) in [5.41, 5.74) is 5.36. The molecule has 12 bridgehead atoms. The molecule has 1 heterocycles. The van der Waals surface area contributed by atoms with Crippen molar-refractivity contribution in [2.24, 2.45) is 0 Å². The molecule has 7 aromatic rings. The van der Waals surface area contributed by atoms with Gasteiger partial charge in [-0.2, -0.15) is 0 Å². The van der Waals surface area contributed by atoms with Crippen LogP contribution in [0.15, 0.2) is 99.3 Å². The molecular formula is C62H76O13. The molecule has 0 radical (unpaired) electrons. The van der Waals surface area contributed by atoms with Crippen molar-refractivity contribution in [2.45, 2.75) is 131 Å². The summed E-state index contributed by atoms with van der Waals surface area (Å²) in [5.74, 6) is 1.32. The lowest BCUT2D eigenvalue weighted by Gasteiger charge is -2.21. The third kappa shape index (κ3) is 11.7.